The minimum absolute atomic E-state index is 0.00293. The van der Waals surface area contributed by atoms with E-state index in [-0.39, 0.29) is 42.1 Å². The molecule has 2 bridgehead atoms. The first kappa shape index (κ1) is 20.6. The number of amides is 2. The molecule has 2 aliphatic heterocycles. The second-order valence-electron chi connectivity index (χ2n) is 8.39. The van der Waals surface area contributed by atoms with Crippen molar-refractivity contribution in [1.82, 2.24) is 14.8 Å². The molecule has 2 amide bonds. The Morgan fingerprint density at radius 1 is 1.25 bits per heavy atom. The Morgan fingerprint density at radius 2 is 2.06 bits per heavy atom. The van der Waals surface area contributed by atoms with Gasteiger partial charge in [-0.3, -0.25) is 14.4 Å². The molecule has 1 saturated carbocycles. The van der Waals surface area contributed by atoms with Crippen LogP contribution in [0, 0.1) is 11.6 Å². The summed E-state index contributed by atoms with van der Waals surface area (Å²) in [5.74, 6) is -3.72. The van der Waals surface area contributed by atoms with Gasteiger partial charge in [0.15, 0.2) is 17.7 Å². The van der Waals surface area contributed by atoms with E-state index in [4.69, 9.17) is 4.74 Å². The average Bonchev–Trinajstić information content (AvgIpc) is 2.75. The lowest BCUT2D eigenvalue weighted by Gasteiger charge is -2.50. The lowest BCUT2D eigenvalue weighted by molar-refractivity contribution is -0.170. The van der Waals surface area contributed by atoms with E-state index in [1.165, 1.54) is 16.8 Å². The Hall–Kier alpha value is -3.27. The highest BCUT2D eigenvalue weighted by atomic mass is 19.1. The molecule has 0 spiro atoms. The van der Waals surface area contributed by atoms with E-state index < -0.39 is 40.9 Å². The third-order valence-corrected chi connectivity index (χ3v) is 6.40. The van der Waals surface area contributed by atoms with Crippen LogP contribution in [0.2, 0.25) is 0 Å². The number of hydrogen-bond acceptors (Lipinski definition) is 5. The van der Waals surface area contributed by atoms with Crippen molar-refractivity contribution in [1.29, 1.82) is 0 Å². The first-order valence-electron chi connectivity index (χ1n) is 10.5. The molecule has 3 unspecified atom stereocenters. The van der Waals surface area contributed by atoms with Crippen molar-refractivity contribution in [2.75, 3.05) is 0 Å². The van der Waals surface area contributed by atoms with Crippen LogP contribution in [0.15, 0.2) is 29.2 Å². The van der Waals surface area contributed by atoms with Crippen molar-refractivity contribution in [2.45, 2.75) is 57.1 Å². The van der Waals surface area contributed by atoms with E-state index in [0.717, 1.165) is 31.7 Å². The number of pyridine rings is 1. The van der Waals surface area contributed by atoms with Crippen molar-refractivity contribution in [3.8, 4) is 5.75 Å². The molecule has 2 N–H and O–H groups in total. The van der Waals surface area contributed by atoms with Gasteiger partial charge in [0.2, 0.25) is 5.43 Å². The van der Waals surface area contributed by atoms with Crippen LogP contribution in [0.5, 0.6) is 5.75 Å². The van der Waals surface area contributed by atoms with E-state index in [0.29, 0.717) is 6.07 Å². The van der Waals surface area contributed by atoms with Crippen LogP contribution in [0.25, 0.3) is 0 Å². The molecular weight excluding hydrogens is 424 g/mol. The molecule has 0 radical (unpaired) electrons. The zero-order valence-corrected chi connectivity index (χ0v) is 17.0. The Balaban J connectivity index is 1.43. The molecule has 1 aromatic carbocycles. The summed E-state index contributed by atoms with van der Waals surface area (Å²) < 4.78 is 34.3. The topological polar surface area (TPSA) is 101 Å². The standard InChI is InChI=1S/C22H21F2N3O5/c23-12-5-4-11(16(24)6-12)8-25-21(30)15-9-26-10-17-27(13-2-1-3-14(7-13)32-17)22(31)18(26)20(29)19(15)28/h4-6,9,13-14,17,29H,1-3,7-8,10H2,(H,25,30). The summed E-state index contributed by atoms with van der Waals surface area (Å²) in [4.78, 5) is 40.0. The number of halogens is 2. The Labute approximate surface area is 181 Å². The fourth-order valence-corrected chi connectivity index (χ4v) is 4.85. The normalized spacial score (nSPS) is 24.0. The zero-order chi connectivity index (χ0) is 22.6. The highest BCUT2D eigenvalue weighted by Gasteiger charge is 2.46. The van der Waals surface area contributed by atoms with Crippen LogP contribution in [-0.4, -0.2) is 44.8 Å². The molecule has 2 fully saturated rings. The van der Waals surface area contributed by atoms with E-state index in [1.807, 2.05) is 0 Å². The molecule has 3 aliphatic rings. The van der Waals surface area contributed by atoms with Crippen LogP contribution in [-0.2, 0) is 17.8 Å². The van der Waals surface area contributed by atoms with Crippen LogP contribution >= 0.6 is 0 Å². The first-order chi connectivity index (χ1) is 15.3. The first-order valence-corrected chi connectivity index (χ1v) is 10.5. The molecule has 3 heterocycles. The molecule has 1 aliphatic carbocycles. The molecular formula is C22H21F2N3O5. The fourth-order valence-electron chi connectivity index (χ4n) is 4.85. The summed E-state index contributed by atoms with van der Waals surface area (Å²) in [6.07, 6.45) is 4.18. The summed E-state index contributed by atoms with van der Waals surface area (Å²) in [6, 6.07) is 2.93. The van der Waals surface area contributed by atoms with Crippen LogP contribution in [0.4, 0.5) is 8.78 Å². The van der Waals surface area contributed by atoms with Crippen LogP contribution in [0.3, 0.4) is 0 Å². The highest BCUT2D eigenvalue weighted by Crippen LogP contribution is 2.37. The number of aromatic nitrogens is 1. The lowest BCUT2D eigenvalue weighted by atomic mass is 9.89. The molecule has 5 rings (SSSR count). The predicted molar refractivity (Wildman–Crippen MR) is 107 cm³/mol. The largest absolute Gasteiger partial charge is 0.503 e. The van der Waals surface area contributed by atoms with Crippen molar-refractivity contribution < 1.29 is 28.2 Å². The quantitative estimate of drug-likeness (QED) is 0.752. The molecule has 1 aromatic heterocycles. The SMILES string of the molecule is O=C(NCc1ccc(F)cc1F)c1cn2c(c(O)c1=O)C(=O)N1C3CCCC(C3)OC1C2. The highest BCUT2D eigenvalue weighted by molar-refractivity contribution is 5.99. The molecule has 1 saturated heterocycles. The van der Waals surface area contributed by atoms with Gasteiger partial charge in [0.05, 0.1) is 12.6 Å². The molecule has 10 heteroatoms. The zero-order valence-electron chi connectivity index (χ0n) is 17.0. The lowest BCUT2D eigenvalue weighted by Crippen LogP contribution is -2.60. The average molecular weight is 445 g/mol. The number of aromatic hydroxyl groups is 1. The Morgan fingerprint density at radius 3 is 2.84 bits per heavy atom. The molecule has 8 nitrogen and oxygen atoms in total. The van der Waals surface area contributed by atoms with Gasteiger partial charge in [0.1, 0.15) is 17.2 Å². The summed E-state index contributed by atoms with van der Waals surface area (Å²) in [7, 11) is 0. The number of carbonyl (C=O) groups is 2. The van der Waals surface area contributed by atoms with Gasteiger partial charge in [0, 0.05) is 30.4 Å². The third-order valence-electron chi connectivity index (χ3n) is 6.40. The van der Waals surface area contributed by atoms with E-state index in [2.05, 4.69) is 5.32 Å². The smallest absolute Gasteiger partial charge is 0.276 e. The minimum Gasteiger partial charge on any atom is -0.503 e. The number of carbonyl (C=O) groups excluding carboxylic acids is 2. The van der Waals surface area contributed by atoms with E-state index in [1.54, 1.807) is 4.90 Å². The number of nitrogens with zero attached hydrogens (tertiary/aromatic N) is 2. The molecule has 168 valence electrons. The second kappa shape index (κ2) is 7.70. The van der Waals surface area contributed by atoms with Crippen molar-refractivity contribution in [3.05, 3.63) is 63.1 Å². The molecule has 2 aromatic rings. The summed E-state index contributed by atoms with van der Waals surface area (Å²) in [6.45, 7) is -0.108. The van der Waals surface area contributed by atoms with Crippen molar-refractivity contribution in [3.63, 3.8) is 0 Å². The van der Waals surface area contributed by atoms with Crippen molar-refractivity contribution in [2.24, 2.45) is 0 Å². The maximum Gasteiger partial charge on any atom is 0.276 e. The van der Waals surface area contributed by atoms with Gasteiger partial charge in [-0.15, -0.1) is 0 Å². The Kier molecular flexibility index (Phi) is 4.96. The van der Waals surface area contributed by atoms with Gasteiger partial charge in [-0.05, 0) is 31.7 Å². The maximum absolute atomic E-state index is 13.8. The van der Waals surface area contributed by atoms with Crippen LogP contribution in [0.1, 0.15) is 52.1 Å². The third kappa shape index (κ3) is 3.35. The van der Waals surface area contributed by atoms with Gasteiger partial charge in [-0.2, -0.15) is 0 Å². The van der Waals surface area contributed by atoms with Gasteiger partial charge in [-0.1, -0.05) is 6.07 Å². The molecule has 3 atom stereocenters. The number of nitrogens with one attached hydrogen (secondary N) is 1. The predicted octanol–water partition coefficient (Wildman–Crippen LogP) is 1.89. The van der Waals surface area contributed by atoms with Gasteiger partial charge < -0.3 is 24.6 Å². The summed E-state index contributed by atoms with van der Waals surface area (Å²) in [5.41, 5.74) is -1.50. The number of fused-ring (bicyclic) bond motifs is 5. The van der Waals surface area contributed by atoms with Crippen molar-refractivity contribution >= 4 is 11.8 Å². The monoisotopic (exact) mass is 445 g/mol. The van der Waals surface area contributed by atoms with E-state index >= 15 is 0 Å². The van der Waals surface area contributed by atoms with Gasteiger partial charge in [0.25, 0.3) is 11.8 Å². The van der Waals surface area contributed by atoms with Gasteiger partial charge in [-0.25, -0.2) is 8.78 Å². The Bertz CT molecular complexity index is 1180. The van der Waals surface area contributed by atoms with E-state index in [9.17, 15) is 28.3 Å². The second-order valence-corrected chi connectivity index (χ2v) is 8.39. The van der Waals surface area contributed by atoms with Gasteiger partial charge >= 0.3 is 0 Å². The number of ether oxygens (including phenoxy) is 1. The summed E-state index contributed by atoms with van der Waals surface area (Å²) in [5, 5.41) is 12.9. The molecule has 32 heavy (non-hydrogen) atoms. The summed E-state index contributed by atoms with van der Waals surface area (Å²) >= 11 is 0. The fraction of sp³-hybridized carbons (Fsp3) is 0.409. The number of benzene rings is 1. The minimum atomic E-state index is -0.987. The number of rotatable bonds is 3. The maximum atomic E-state index is 13.8. The number of hydrogen-bond donors (Lipinski definition) is 2. The van der Waals surface area contributed by atoms with Crippen LogP contribution < -0.4 is 10.7 Å².